The number of hydrogen-bond donors (Lipinski definition) is 1. The number of carbonyl (C=O) groups is 1. The third-order valence-electron chi connectivity index (χ3n) is 6.19. The van der Waals surface area contributed by atoms with Gasteiger partial charge < -0.3 is 19.0 Å². The van der Waals surface area contributed by atoms with Crippen LogP contribution in [0.1, 0.15) is 36.2 Å². The Kier molecular flexibility index (Phi) is 6.45. The normalized spacial score (nSPS) is 15.7. The maximum atomic E-state index is 13.0. The van der Waals surface area contributed by atoms with Gasteiger partial charge in [-0.2, -0.15) is 0 Å². The summed E-state index contributed by atoms with van der Waals surface area (Å²) in [5.41, 5.74) is 4.23. The molecule has 1 amide bonds. The van der Waals surface area contributed by atoms with Crippen molar-refractivity contribution < 1.29 is 14.3 Å². The predicted molar refractivity (Wildman–Crippen MR) is 131 cm³/mol. The molecule has 2 aromatic heterocycles. The lowest BCUT2D eigenvalue weighted by Crippen LogP contribution is -2.36. The molecule has 8 heteroatoms. The van der Waals surface area contributed by atoms with E-state index in [1.165, 1.54) is 5.56 Å². The Bertz CT molecular complexity index is 1270. The molecule has 0 bridgehead atoms. The number of carbonyl (C=O) groups excluding carboxylic acids is 1. The van der Waals surface area contributed by atoms with E-state index in [4.69, 9.17) is 21.1 Å². The van der Waals surface area contributed by atoms with Crippen molar-refractivity contribution in [1.82, 2.24) is 19.4 Å². The number of imidazole rings is 1. The number of nitrogens with one attached hydrogen (secondary N) is 1. The summed E-state index contributed by atoms with van der Waals surface area (Å²) in [5.74, 6) is 0.781. The van der Waals surface area contributed by atoms with E-state index >= 15 is 0 Å². The van der Waals surface area contributed by atoms with Crippen LogP contribution in [0.15, 0.2) is 61.2 Å². The molecule has 3 heterocycles. The first-order valence-electron chi connectivity index (χ1n) is 11.6. The van der Waals surface area contributed by atoms with E-state index in [0.717, 1.165) is 47.3 Å². The molecule has 0 fully saturated rings. The second-order valence-corrected chi connectivity index (χ2v) is 8.76. The Morgan fingerprint density at radius 2 is 2.09 bits per heavy atom. The van der Waals surface area contributed by atoms with Crippen molar-refractivity contribution in [2.75, 3.05) is 19.8 Å². The van der Waals surface area contributed by atoms with Gasteiger partial charge in [-0.3, -0.25) is 4.90 Å². The lowest BCUT2D eigenvalue weighted by molar-refractivity contribution is 0.0966. The van der Waals surface area contributed by atoms with Gasteiger partial charge in [0.15, 0.2) is 0 Å². The van der Waals surface area contributed by atoms with Crippen molar-refractivity contribution in [3.05, 3.63) is 83.0 Å². The summed E-state index contributed by atoms with van der Waals surface area (Å²) in [7, 11) is 0. The molecule has 1 atom stereocenters. The van der Waals surface area contributed by atoms with Crippen molar-refractivity contribution in [3.8, 4) is 5.75 Å². The molecular formula is C26H27ClN4O3. The van der Waals surface area contributed by atoms with Gasteiger partial charge in [0, 0.05) is 40.6 Å². The number of aryl methyl sites for hydroxylation is 1. The van der Waals surface area contributed by atoms with Crippen LogP contribution in [0, 0.1) is 0 Å². The van der Waals surface area contributed by atoms with E-state index < -0.39 is 0 Å². The van der Waals surface area contributed by atoms with Gasteiger partial charge >= 0.3 is 6.09 Å². The van der Waals surface area contributed by atoms with Gasteiger partial charge in [-0.25, -0.2) is 9.78 Å². The molecule has 4 aromatic rings. The van der Waals surface area contributed by atoms with E-state index in [9.17, 15) is 4.79 Å². The number of amides is 1. The number of aromatic amines is 1. The number of fused-ring (bicyclic) bond motifs is 3. The van der Waals surface area contributed by atoms with Gasteiger partial charge in [-0.05, 0) is 61.2 Å². The van der Waals surface area contributed by atoms with Gasteiger partial charge in [0.2, 0.25) is 0 Å². The number of H-pyrrole nitrogens is 1. The molecule has 176 valence electrons. The zero-order chi connectivity index (χ0) is 23.5. The van der Waals surface area contributed by atoms with Crippen molar-refractivity contribution in [2.24, 2.45) is 0 Å². The Labute approximate surface area is 203 Å². The van der Waals surface area contributed by atoms with Gasteiger partial charge in [-0.1, -0.05) is 23.7 Å². The SMILES string of the molecule is CCOC(=O)N1CCCc2c([nH]c3ccc(Cl)cc23)C1c1ccc(OCCn2ccnc2)cc1. The molecule has 0 saturated carbocycles. The number of ether oxygens (including phenoxy) is 2. The van der Waals surface area contributed by atoms with Crippen LogP contribution in [0.5, 0.6) is 5.75 Å². The van der Waals surface area contributed by atoms with Crippen molar-refractivity contribution in [1.29, 1.82) is 0 Å². The topological polar surface area (TPSA) is 72.4 Å². The molecule has 0 saturated heterocycles. The van der Waals surface area contributed by atoms with Crippen molar-refractivity contribution in [2.45, 2.75) is 32.4 Å². The van der Waals surface area contributed by atoms with Crippen molar-refractivity contribution >= 4 is 28.6 Å². The summed E-state index contributed by atoms with van der Waals surface area (Å²) in [6, 6.07) is 13.5. The number of nitrogens with zero attached hydrogens (tertiary/aromatic N) is 3. The fourth-order valence-electron chi connectivity index (χ4n) is 4.64. The Morgan fingerprint density at radius 3 is 2.85 bits per heavy atom. The van der Waals surface area contributed by atoms with Gasteiger partial charge in [0.25, 0.3) is 0 Å². The Morgan fingerprint density at radius 1 is 1.24 bits per heavy atom. The van der Waals surface area contributed by atoms with E-state index in [1.54, 1.807) is 12.5 Å². The van der Waals surface area contributed by atoms with Crippen LogP contribution in [-0.2, 0) is 17.7 Å². The fraction of sp³-hybridized carbons (Fsp3) is 0.308. The minimum absolute atomic E-state index is 0.289. The first-order valence-corrected chi connectivity index (χ1v) is 11.9. The van der Waals surface area contributed by atoms with Crippen LogP contribution < -0.4 is 4.74 Å². The minimum atomic E-state index is -0.308. The molecule has 1 aliphatic heterocycles. The standard InChI is InChI=1S/C26H27ClN4O3/c1-2-33-26(32)31-12-3-4-21-22-16-19(27)7-10-23(22)29-24(21)25(31)18-5-8-20(9-6-18)34-15-14-30-13-11-28-17-30/h5-11,13,16-17,25,29H,2-4,12,14-15H2,1H3. The summed E-state index contributed by atoms with van der Waals surface area (Å²) in [6.45, 7) is 4.04. The number of benzene rings is 2. The van der Waals surface area contributed by atoms with Crippen molar-refractivity contribution in [3.63, 3.8) is 0 Å². The molecule has 7 nitrogen and oxygen atoms in total. The summed E-state index contributed by atoms with van der Waals surface area (Å²) in [4.78, 5) is 22.4. The largest absolute Gasteiger partial charge is 0.492 e. The lowest BCUT2D eigenvalue weighted by atomic mass is 9.98. The Balaban J connectivity index is 1.47. The third-order valence-corrected chi connectivity index (χ3v) is 6.42. The maximum absolute atomic E-state index is 13.0. The Hall–Kier alpha value is -3.45. The second-order valence-electron chi connectivity index (χ2n) is 8.32. The molecule has 1 unspecified atom stereocenters. The minimum Gasteiger partial charge on any atom is -0.492 e. The smallest absolute Gasteiger partial charge is 0.410 e. The zero-order valence-electron chi connectivity index (χ0n) is 19.0. The van der Waals surface area contributed by atoms with Gasteiger partial charge in [-0.15, -0.1) is 0 Å². The van der Waals surface area contributed by atoms with Crippen LogP contribution >= 0.6 is 11.6 Å². The zero-order valence-corrected chi connectivity index (χ0v) is 19.8. The molecule has 2 aromatic carbocycles. The number of aromatic nitrogens is 3. The van der Waals surface area contributed by atoms with E-state index in [-0.39, 0.29) is 12.1 Å². The molecule has 0 spiro atoms. The molecule has 34 heavy (non-hydrogen) atoms. The summed E-state index contributed by atoms with van der Waals surface area (Å²) >= 11 is 6.31. The van der Waals surface area contributed by atoms with Gasteiger partial charge in [0.05, 0.1) is 19.5 Å². The first-order chi connectivity index (χ1) is 16.6. The third kappa shape index (κ3) is 4.48. The van der Waals surface area contributed by atoms with Crippen LogP contribution in [0.25, 0.3) is 10.9 Å². The van der Waals surface area contributed by atoms with E-state index in [0.29, 0.717) is 24.8 Å². The van der Waals surface area contributed by atoms with Crippen LogP contribution in [0.4, 0.5) is 4.79 Å². The van der Waals surface area contributed by atoms with E-state index in [1.807, 2.05) is 65.1 Å². The summed E-state index contributed by atoms with van der Waals surface area (Å²) < 4.78 is 13.3. The van der Waals surface area contributed by atoms with Crippen LogP contribution in [0.2, 0.25) is 5.02 Å². The molecule has 1 aliphatic rings. The molecular weight excluding hydrogens is 452 g/mol. The highest BCUT2D eigenvalue weighted by atomic mass is 35.5. The second kappa shape index (κ2) is 9.81. The number of hydrogen-bond acceptors (Lipinski definition) is 4. The number of halogens is 1. The maximum Gasteiger partial charge on any atom is 0.410 e. The summed E-state index contributed by atoms with van der Waals surface area (Å²) in [6.07, 6.45) is 6.83. The fourth-order valence-corrected chi connectivity index (χ4v) is 4.81. The molecule has 5 rings (SSSR count). The first kappa shape index (κ1) is 22.3. The monoisotopic (exact) mass is 478 g/mol. The highest BCUT2D eigenvalue weighted by Gasteiger charge is 2.33. The predicted octanol–water partition coefficient (Wildman–Crippen LogP) is 5.59. The highest BCUT2D eigenvalue weighted by molar-refractivity contribution is 6.31. The molecule has 0 radical (unpaired) electrons. The van der Waals surface area contributed by atoms with Crippen LogP contribution in [0.3, 0.4) is 0 Å². The number of rotatable bonds is 6. The van der Waals surface area contributed by atoms with Crippen LogP contribution in [-0.4, -0.2) is 45.3 Å². The summed E-state index contributed by atoms with van der Waals surface area (Å²) in [5, 5.41) is 1.81. The lowest BCUT2D eigenvalue weighted by Gasteiger charge is -2.30. The molecule has 0 aliphatic carbocycles. The quantitative estimate of drug-likeness (QED) is 0.392. The highest BCUT2D eigenvalue weighted by Crippen LogP contribution is 2.39. The van der Waals surface area contributed by atoms with Gasteiger partial charge in [0.1, 0.15) is 18.4 Å². The van der Waals surface area contributed by atoms with E-state index in [2.05, 4.69) is 9.97 Å². The average Bonchev–Trinajstić information content (AvgIpc) is 3.43. The average molecular weight is 479 g/mol. The molecule has 1 N–H and O–H groups in total.